The zero-order valence-corrected chi connectivity index (χ0v) is 13.1. The van der Waals surface area contributed by atoms with Gasteiger partial charge in [0.1, 0.15) is 6.04 Å². The Balaban J connectivity index is 1.84. The van der Waals surface area contributed by atoms with E-state index in [0.29, 0.717) is 5.56 Å². The van der Waals surface area contributed by atoms with Gasteiger partial charge in [-0.1, -0.05) is 11.6 Å². The molecule has 1 aromatic heterocycles. The van der Waals surface area contributed by atoms with Gasteiger partial charge in [-0.3, -0.25) is 19.3 Å². The fraction of sp³-hybridized carbons (Fsp3) is 0.176. The molecule has 7 heteroatoms. The Morgan fingerprint density at radius 3 is 2.62 bits per heavy atom. The molecule has 0 bridgehead atoms. The van der Waals surface area contributed by atoms with Crippen LogP contribution in [0.25, 0.3) is 0 Å². The van der Waals surface area contributed by atoms with Crippen LogP contribution in [0.3, 0.4) is 0 Å². The highest BCUT2D eigenvalue weighted by molar-refractivity contribution is 6.23. The van der Waals surface area contributed by atoms with Gasteiger partial charge in [0.15, 0.2) is 11.6 Å². The van der Waals surface area contributed by atoms with Crippen LogP contribution >= 0.6 is 0 Å². The molecule has 1 aliphatic heterocycles. The predicted octanol–water partition coefficient (Wildman–Crippen LogP) is 1.72. The van der Waals surface area contributed by atoms with Gasteiger partial charge in [0, 0.05) is 6.20 Å². The highest BCUT2D eigenvalue weighted by Crippen LogP contribution is 2.26. The molecule has 24 heavy (non-hydrogen) atoms. The van der Waals surface area contributed by atoms with Gasteiger partial charge in [0.2, 0.25) is 5.91 Å². The Labute approximate surface area is 137 Å². The third-order valence-electron chi connectivity index (χ3n) is 3.87. The highest BCUT2D eigenvalue weighted by Gasteiger charge is 2.41. The van der Waals surface area contributed by atoms with Gasteiger partial charge in [-0.25, -0.2) is 4.98 Å². The molecule has 122 valence electrons. The van der Waals surface area contributed by atoms with Crippen molar-refractivity contribution in [1.29, 1.82) is 0 Å². The number of benzene rings is 1. The Kier molecular flexibility index (Phi) is 3.76. The van der Waals surface area contributed by atoms with Crippen molar-refractivity contribution in [2.24, 2.45) is 0 Å². The number of pyridine rings is 1. The number of aromatic nitrogens is 1. The lowest BCUT2D eigenvalue weighted by Crippen LogP contribution is -2.45. The summed E-state index contributed by atoms with van der Waals surface area (Å²) in [5, 5.41) is 12.1. The monoisotopic (exact) mass is 325 g/mol. The van der Waals surface area contributed by atoms with Gasteiger partial charge in [-0.15, -0.1) is 0 Å². The maximum absolute atomic E-state index is 12.5. The van der Waals surface area contributed by atoms with Gasteiger partial charge in [0.25, 0.3) is 11.8 Å². The summed E-state index contributed by atoms with van der Waals surface area (Å²) < 4.78 is 0. The van der Waals surface area contributed by atoms with Crippen LogP contribution in [0.2, 0.25) is 0 Å². The van der Waals surface area contributed by atoms with Crippen molar-refractivity contribution in [3.63, 3.8) is 0 Å². The molecule has 0 saturated carbocycles. The van der Waals surface area contributed by atoms with E-state index in [1.54, 1.807) is 18.2 Å². The predicted molar refractivity (Wildman–Crippen MR) is 85.7 cm³/mol. The number of hydrogen-bond acceptors (Lipinski definition) is 5. The first kappa shape index (κ1) is 15.7. The summed E-state index contributed by atoms with van der Waals surface area (Å²) >= 11 is 0. The lowest BCUT2D eigenvalue weighted by atomic mass is 10.1. The zero-order chi connectivity index (χ0) is 17.4. The maximum Gasteiger partial charge on any atom is 0.262 e. The third-order valence-corrected chi connectivity index (χ3v) is 3.87. The van der Waals surface area contributed by atoms with Gasteiger partial charge in [0.05, 0.1) is 11.1 Å². The second kappa shape index (κ2) is 5.77. The van der Waals surface area contributed by atoms with Crippen LogP contribution in [0, 0.1) is 6.92 Å². The molecule has 3 rings (SSSR count). The number of rotatable bonds is 3. The number of carbonyl (C=O) groups excluding carboxylic acids is 3. The van der Waals surface area contributed by atoms with Crippen molar-refractivity contribution in [3.05, 3.63) is 53.2 Å². The topological polar surface area (TPSA) is 99.6 Å². The van der Waals surface area contributed by atoms with Gasteiger partial charge < -0.3 is 10.4 Å². The molecule has 0 spiro atoms. The molecular formula is C17H15N3O4. The molecule has 2 N–H and O–H groups in total. The molecule has 1 aliphatic rings. The van der Waals surface area contributed by atoms with Crippen LogP contribution in [0.15, 0.2) is 36.5 Å². The molecule has 0 saturated heterocycles. The molecule has 3 amide bonds. The first-order chi connectivity index (χ1) is 11.4. The normalized spacial score (nSPS) is 14.5. The molecular weight excluding hydrogens is 310 g/mol. The SMILES string of the molecule is Cc1ccc2c(c1)C(=O)N([C@H](C)C(=O)Nc1ncccc1O)C2=O. The van der Waals surface area contributed by atoms with E-state index in [4.69, 9.17) is 0 Å². The zero-order valence-electron chi connectivity index (χ0n) is 13.1. The fourth-order valence-corrected chi connectivity index (χ4v) is 2.56. The number of anilines is 1. The minimum atomic E-state index is -1.04. The Morgan fingerprint density at radius 2 is 1.92 bits per heavy atom. The average Bonchev–Trinajstić information content (AvgIpc) is 2.79. The van der Waals surface area contributed by atoms with Crippen LogP contribution in [-0.2, 0) is 4.79 Å². The lowest BCUT2D eigenvalue weighted by molar-refractivity contribution is -0.119. The van der Waals surface area contributed by atoms with E-state index in [1.807, 2.05) is 6.92 Å². The number of aryl methyl sites for hydroxylation is 1. The molecule has 0 unspecified atom stereocenters. The number of carbonyl (C=O) groups is 3. The van der Waals surface area contributed by atoms with Crippen LogP contribution in [-0.4, -0.2) is 38.8 Å². The van der Waals surface area contributed by atoms with Crippen LogP contribution in [0.5, 0.6) is 5.75 Å². The van der Waals surface area contributed by atoms with E-state index in [1.165, 1.54) is 25.3 Å². The van der Waals surface area contributed by atoms with Gasteiger partial charge in [-0.2, -0.15) is 0 Å². The smallest absolute Gasteiger partial charge is 0.262 e. The van der Waals surface area contributed by atoms with Crippen LogP contribution in [0.1, 0.15) is 33.2 Å². The molecule has 7 nitrogen and oxygen atoms in total. The summed E-state index contributed by atoms with van der Waals surface area (Å²) in [5.41, 5.74) is 1.43. The molecule has 1 aromatic carbocycles. The number of imide groups is 1. The fourth-order valence-electron chi connectivity index (χ4n) is 2.56. The Bertz CT molecular complexity index is 863. The first-order valence-corrected chi connectivity index (χ1v) is 7.33. The van der Waals surface area contributed by atoms with Crippen molar-refractivity contribution in [1.82, 2.24) is 9.88 Å². The van der Waals surface area contributed by atoms with E-state index in [9.17, 15) is 19.5 Å². The van der Waals surface area contributed by atoms with Crippen molar-refractivity contribution < 1.29 is 19.5 Å². The molecule has 2 aromatic rings. The number of hydrogen-bond donors (Lipinski definition) is 2. The molecule has 2 heterocycles. The number of fused-ring (bicyclic) bond motifs is 1. The summed E-state index contributed by atoms with van der Waals surface area (Å²) in [6.45, 7) is 3.27. The van der Waals surface area contributed by atoms with Crippen molar-refractivity contribution in [2.75, 3.05) is 5.32 Å². The van der Waals surface area contributed by atoms with E-state index in [-0.39, 0.29) is 17.1 Å². The Hall–Kier alpha value is -3.22. The Morgan fingerprint density at radius 1 is 1.21 bits per heavy atom. The van der Waals surface area contributed by atoms with E-state index in [0.717, 1.165) is 10.5 Å². The van der Waals surface area contributed by atoms with E-state index >= 15 is 0 Å². The van der Waals surface area contributed by atoms with Crippen LogP contribution < -0.4 is 5.32 Å². The van der Waals surface area contributed by atoms with E-state index < -0.39 is 23.8 Å². The molecule has 0 fully saturated rings. The summed E-state index contributed by atoms with van der Waals surface area (Å²) in [7, 11) is 0. The van der Waals surface area contributed by atoms with Gasteiger partial charge in [-0.05, 0) is 38.1 Å². The molecule has 0 radical (unpaired) electrons. The van der Waals surface area contributed by atoms with E-state index in [2.05, 4.69) is 10.3 Å². The minimum absolute atomic E-state index is 0.0261. The largest absolute Gasteiger partial charge is 0.504 e. The second-order valence-corrected chi connectivity index (χ2v) is 5.57. The quantitative estimate of drug-likeness (QED) is 0.837. The highest BCUT2D eigenvalue weighted by atomic mass is 16.3. The maximum atomic E-state index is 12.5. The number of amides is 3. The van der Waals surface area contributed by atoms with Crippen LogP contribution in [0.4, 0.5) is 5.82 Å². The summed E-state index contributed by atoms with van der Waals surface area (Å²) in [6.07, 6.45) is 1.41. The van der Waals surface area contributed by atoms with Gasteiger partial charge >= 0.3 is 0 Å². The number of aromatic hydroxyl groups is 1. The number of nitrogens with one attached hydrogen (secondary N) is 1. The van der Waals surface area contributed by atoms with Crippen molar-refractivity contribution in [3.8, 4) is 5.75 Å². The standard InChI is InChI=1S/C17H15N3O4/c1-9-5-6-11-12(8-9)17(24)20(16(11)23)10(2)15(22)19-14-13(21)4-3-7-18-14/h3-8,10,21H,1-2H3,(H,18,19,22)/t10-/m1/s1. The van der Waals surface area contributed by atoms with Crippen molar-refractivity contribution in [2.45, 2.75) is 19.9 Å². The summed E-state index contributed by atoms with van der Waals surface area (Å²) in [5.74, 6) is -1.86. The summed E-state index contributed by atoms with van der Waals surface area (Å²) in [6, 6.07) is 6.80. The third kappa shape index (κ3) is 2.50. The summed E-state index contributed by atoms with van der Waals surface area (Å²) in [4.78, 5) is 42.0. The lowest BCUT2D eigenvalue weighted by Gasteiger charge is -2.21. The second-order valence-electron chi connectivity index (χ2n) is 5.57. The molecule has 0 aliphatic carbocycles. The average molecular weight is 325 g/mol. The molecule has 1 atom stereocenters. The minimum Gasteiger partial charge on any atom is -0.504 e. The number of nitrogens with zero attached hydrogens (tertiary/aromatic N) is 2. The first-order valence-electron chi connectivity index (χ1n) is 7.33. The van der Waals surface area contributed by atoms with Crippen molar-refractivity contribution >= 4 is 23.5 Å².